The van der Waals surface area contributed by atoms with Crippen LogP contribution in [-0.4, -0.2) is 127 Å². The zero-order valence-electron chi connectivity index (χ0n) is 45.4. The fourth-order valence-electron chi connectivity index (χ4n) is 7.36. The van der Waals surface area contributed by atoms with Crippen molar-refractivity contribution >= 4 is 35.3 Å². The molecule has 3 amide bonds. The van der Waals surface area contributed by atoms with E-state index in [-0.39, 0.29) is 36.9 Å². The van der Waals surface area contributed by atoms with Gasteiger partial charge in [-0.15, -0.1) is 0 Å². The van der Waals surface area contributed by atoms with Crippen molar-refractivity contribution < 1.29 is 99.1 Å². The van der Waals surface area contributed by atoms with E-state index in [4.69, 9.17) is 34.5 Å². The van der Waals surface area contributed by atoms with Gasteiger partial charge in [0, 0.05) is 90.3 Å². The number of phenolic OH excluding ortho intramolecular Hbond substituents is 1. The highest BCUT2D eigenvalue weighted by Crippen LogP contribution is 2.38. The number of carbonyl (C=O) groups is 3. The first-order valence-corrected chi connectivity index (χ1v) is 24.8. The third kappa shape index (κ3) is 24.0. The number of rotatable bonds is 6. The minimum atomic E-state index is -4.72. The Bertz CT molecular complexity index is 2580. The average molecular weight is 1160 g/mol. The first-order valence-electron chi connectivity index (χ1n) is 24.8. The summed E-state index contributed by atoms with van der Waals surface area (Å²) in [4.78, 5) is 59.4. The number of anilines is 1. The van der Waals surface area contributed by atoms with Gasteiger partial charge in [-0.25, -0.2) is 14.4 Å². The topological polar surface area (TPSA) is 260 Å². The van der Waals surface area contributed by atoms with Gasteiger partial charge in [0.15, 0.2) is 0 Å². The smallest absolute Gasteiger partial charge is 0.416 e. The number of nitrogen functional groups attached to an aromatic ring is 1. The number of carbonyl (C=O) groups excluding carboxylic acids is 3. The first kappa shape index (κ1) is 67.1. The van der Waals surface area contributed by atoms with Crippen molar-refractivity contribution in [1.82, 2.24) is 14.7 Å². The lowest BCUT2D eigenvalue weighted by molar-refractivity contribution is -0.385. The molecule has 0 aliphatic carbocycles. The van der Waals surface area contributed by atoms with Crippen LogP contribution in [0.2, 0.25) is 0 Å². The maximum Gasteiger partial charge on any atom is 0.416 e. The lowest BCUT2D eigenvalue weighted by Crippen LogP contribution is -2.44. The standard InChI is InChI=1S/C17H21F3N2O5.C17H23F3N2O3.C10H19NO3.C7H4F3NO3.H2/c1-16(2,3)27-15(23)21-6-4-13(5-7-21)26-14-9-11(17(18,19)20)8-12(10-14)22(24)25;1-16(2,3)25-15(23)22-6-4-13(5-7-22)24-14-9-11(17(18,19)20)8-12(21)10-14;1-10(2,3)14-9(13)11-6-4-8(12)5-7-11;8-7(9,10)4-1-5(11(13)14)3-6(12)2-4;/h8-10,13H,4-7H2,1-3H3;8-10,13H,4-7,21H2,1-3H3;8,12H,4-7H2,1-3H3;1-3,12H;1H. The van der Waals surface area contributed by atoms with Crippen LogP contribution < -0.4 is 15.2 Å². The van der Waals surface area contributed by atoms with Crippen molar-refractivity contribution in [2.45, 2.75) is 154 Å². The normalized spacial score (nSPS) is 16.1. The van der Waals surface area contributed by atoms with Crippen LogP contribution in [0.1, 0.15) is 119 Å². The lowest BCUT2D eigenvalue weighted by Gasteiger charge is -2.33. The number of alkyl halides is 9. The quantitative estimate of drug-likeness (QED) is 0.0681. The number of piperidine rings is 3. The van der Waals surface area contributed by atoms with E-state index >= 15 is 0 Å². The van der Waals surface area contributed by atoms with Crippen molar-refractivity contribution in [3.05, 3.63) is 91.5 Å². The van der Waals surface area contributed by atoms with Crippen LogP contribution in [0.25, 0.3) is 0 Å². The van der Waals surface area contributed by atoms with Gasteiger partial charge < -0.3 is 54.3 Å². The van der Waals surface area contributed by atoms with Crippen molar-refractivity contribution in [3.63, 3.8) is 0 Å². The summed E-state index contributed by atoms with van der Waals surface area (Å²) in [5, 5.41) is 39.1. The minimum Gasteiger partial charge on any atom is -0.508 e. The summed E-state index contributed by atoms with van der Waals surface area (Å²) < 4.78 is 140. The second kappa shape index (κ2) is 27.3. The number of amides is 3. The lowest BCUT2D eigenvalue weighted by atomic mass is 10.1. The van der Waals surface area contributed by atoms with Gasteiger partial charge in [-0.3, -0.25) is 20.2 Å². The summed E-state index contributed by atoms with van der Waals surface area (Å²) in [6, 6.07) is 6.80. The van der Waals surface area contributed by atoms with Crippen LogP contribution in [0, 0.1) is 20.2 Å². The SMILES string of the molecule is CC(C)(C)OC(=O)N1CCC(O)CC1.CC(C)(C)OC(=O)N1CCC(Oc2cc(N)cc(C(F)(F)F)c2)CC1.CC(C)(C)OC(=O)N1CCC(Oc2cc([N+](=O)[O-])cc(C(F)(F)F)c2)CC1.O=[N+]([O-])c1cc(O)cc(C(F)(F)F)c1.[HH]. The predicted molar refractivity (Wildman–Crippen MR) is 272 cm³/mol. The maximum atomic E-state index is 12.9. The molecule has 4 N–H and O–H groups in total. The van der Waals surface area contributed by atoms with Crippen molar-refractivity contribution in [2.75, 3.05) is 45.0 Å². The number of non-ortho nitro benzene ring substituents is 2. The molecule has 3 aliphatic rings. The van der Waals surface area contributed by atoms with Crippen molar-refractivity contribution in [3.8, 4) is 17.2 Å². The van der Waals surface area contributed by atoms with Gasteiger partial charge in [-0.2, -0.15) is 39.5 Å². The van der Waals surface area contributed by atoms with E-state index in [0.29, 0.717) is 102 Å². The Morgan fingerprint density at radius 2 is 0.812 bits per heavy atom. The van der Waals surface area contributed by atoms with Crippen LogP contribution in [0.3, 0.4) is 0 Å². The number of aliphatic hydroxyl groups is 1. The molecule has 3 heterocycles. The largest absolute Gasteiger partial charge is 0.508 e. The Labute approximate surface area is 456 Å². The number of nitrogens with two attached hydrogens (primary N) is 1. The zero-order chi connectivity index (χ0) is 60.9. The van der Waals surface area contributed by atoms with Crippen LogP contribution in [-0.2, 0) is 32.7 Å². The van der Waals surface area contributed by atoms with Gasteiger partial charge in [0.1, 0.15) is 46.3 Å². The molecule has 3 aliphatic heterocycles. The van der Waals surface area contributed by atoms with Crippen molar-refractivity contribution in [2.24, 2.45) is 0 Å². The summed E-state index contributed by atoms with van der Waals surface area (Å²) >= 11 is 0. The molecule has 80 heavy (non-hydrogen) atoms. The van der Waals surface area contributed by atoms with Crippen LogP contribution in [0.5, 0.6) is 17.2 Å². The molecule has 20 nitrogen and oxygen atoms in total. The monoisotopic (exact) mass is 1160 g/mol. The molecule has 0 spiro atoms. The number of aromatic hydroxyl groups is 1. The molecule has 6 rings (SSSR count). The van der Waals surface area contributed by atoms with E-state index < -0.39 is 97.3 Å². The molecule has 3 fully saturated rings. The summed E-state index contributed by atoms with van der Waals surface area (Å²) in [5.74, 6) is -0.915. The highest BCUT2D eigenvalue weighted by Gasteiger charge is 2.36. The van der Waals surface area contributed by atoms with Crippen molar-refractivity contribution in [1.29, 1.82) is 0 Å². The van der Waals surface area contributed by atoms with E-state index in [9.17, 15) is 79.2 Å². The molecule has 0 bridgehead atoms. The number of benzene rings is 3. The molecule has 450 valence electrons. The molecule has 0 unspecified atom stereocenters. The highest BCUT2D eigenvalue weighted by atomic mass is 19.4. The third-order valence-electron chi connectivity index (χ3n) is 11.0. The number of halogens is 9. The van der Waals surface area contributed by atoms with E-state index in [2.05, 4.69) is 0 Å². The van der Waals surface area contributed by atoms with E-state index in [1.54, 1.807) is 51.3 Å². The second-order valence-electron chi connectivity index (χ2n) is 21.5. The summed E-state index contributed by atoms with van der Waals surface area (Å²) in [6.07, 6.45) is -12.9. The second-order valence-corrected chi connectivity index (χ2v) is 21.5. The Morgan fingerprint density at radius 3 is 1.14 bits per heavy atom. The number of ether oxygens (including phenoxy) is 5. The Morgan fingerprint density at radius 1 is 0.512 bits per heavy atom. The number of hydrogen-bond acceptors (Lipinski definition) is 15. The average Bonchev–Trinajstić information content (AvgIpc) is 3.30. The molecular weight excluding hydrogens is 1090 g/mol. The minimum absolute atomic E-state index is 0. The zero-order valence-corrected chi connectivity index (χ0v) is 45.4. The molecule has 3 aromatic rings. The number of hydrogen-bond donors (Lipinski definition) is 3. The summed E-state index contributed by atoms with van der Waals surface area (Å²) in [6.45, 7) is 18.9. The number of aliphatic hydroxyl groups excluding tert-OH is 1. The van der Waals surface area contributed by atoms with Gasteiger partial charge in [0.05, 0.1) is 44.8 Å². The number of nitrogens with zero attached hydrogens (tertiary/aromatic N) is 5. The molecule has 3 saturated heterocycles. The molecule has 0 radical (unpaired) electrons. The highest BCUT2D eigenvalue weighted by molar-refractivity contribution is 5.69. The maximum absolute atomic E-state index is 12.9. The van der Waals surface area contributed by atoms with Gasteiger partial charge >= 0.3 is 36.8 Å². The first-order chi connectivity index (χ1) is 36.5. The van der Waals surface area contributed by atoms with Crippen LogP contribution in [0.4, 0.5) is 71.0 Å². The summed E-state index contributed by atoms with van der Waals surface area (Å²) in [7, 11) is 0. The van der Waals surface area contributed by atoms with Crippen LogP contribution >= 0.6 is 0 Å². The molecule has 0 saturated carbocycles. The molecule has 0 aromatic heterocycles. The molecular formula is C51H69F9N6O14. The summed E-state index contributed by atoms with van der Waals surface area (Å²) in [5.41, 5.74) is -0.811. The number of nitro groups is 2. The van der Waals surface area contributed by atoms with Gasteiger partial charge in [0.25, 0.3) is 11.4 Å². The Hall–Kier alpha value is -7.20. The Kier molecular flexibility index (Phi) is 22.9. The van der Waals surface area contributed by atoms with Gasteiger partial charge in [-0.05, 0) is 99.4 Å². The molecule has 3 aromatic carbocycles. The van der Waals surface area contributed by atoms with Gasteiger partial charge in [-0.1, -0.05) is 0 Å². The number of nitro benzene ring substituents is 2. The fraction of sp³-hybridized carbons (Fsp3) is 0.588. The predicted octanol–water partition coefficient (Wildman–Crippen LogP) is 12.4. The molecule has 0 atom stereocenters. The van der Waals surface area contributed by atoms with Gasteiger partial charge in [0.2, 0.25) is 0 Å². The van der Waals surface area contributed by atoms with E-state index in [1.165, 1.54) is 11.0 Å². The third-order valence-corrected chi connectivity index (χ3v) is 11.0. The number of likely N-dealkylation sites (tertiary alicyclic amines) is 3. The Balaban J connectivity index is 0.000000383. The van der Waals surface area contributed by atoms with Crippen LogP contribution in [0.15, 0.2) is 54.6 Å². The fourth-order valence-corrected chi connectivity index (χ4v) is 7.36. The number of phenols is 1. The molecule has 29 heteroatoms. The van der Waals surface area contributed by atoms with E-state index in [1.807, 2.05) is 20.8 Å². The van der Waals surface area contributed by atoms with E-state index in [0.717, 1.165) is 24.3 Å².